The van der Waals surface area contributed by atoms with E-state index in [1.54, 1.807) is 0 Å². The molecule has 1 aliphatic rings. The third-order valence-corrected chi connectivity index (χ3v) is 9.39. The molecule has 0 spiro atoms. The molecular weight excluding hydrogens is 552 g/mol. The van der Waals surface area contributed by atoms with Gasteiger partial charge in [0.15, 0.2) is 0 Å². The van der Waals surface area contributed by atoms with Crippen LogP contribution in [0.5, 0.6) is 0 Å². The molecular formula is C42H26O3. The predicted molar refractivity (Wildman–Crippen MR) is 184 cm³/mol. The summed E-state index contributed by atoms with van der Waals surface area (Å²) in [7, 11) is 0. The maximum Gasteiger partial charge on any atom is 0.147 e. The molecule has 0 saturated heterocycles. The van der Waals surface area contributed by atoms with E-state index in [9.17, 15) is 0 Å². The number of aryl methyl sites for hydroxylation is 1. The van der Waals surface area contributed by atoms with Gasteiger partial charge in [0.05, 0.1) is 5.56 Å². The van der Waals surface area contributed by atoms with E-state index in [2.05, 4.69) is 121 Å². The highest BCUT2D eigenvalue weighted by molar-refractivity contribution is 6.20. The first-order chi connectivity index (χ1) is 22.3. The van der Waals surface area contributed by atoms with Crippen molar-refractivity contribution in [1.82, 2.24) is 0 Å². The number of allylic oxidation sites excluding steroid dienone is 1. The van der Waals surface area contributed by atoms with Gasteiger partial charge in [0.1, 0.15) is 33.7 Å². The molecule has 0 N–H and O–H groups in total. The van der Waals surface area contributed by atoms with E-state index in [4.69, 9.17) is 13.3 Å². The second kappa shape index (κ2) is 9.35. The highest BCUT2D eigenvalue weighted by Gasteiger charge is 2.26. The summed E-state index contributed by atoms with van der Waals surface area (Å²) >= 11 is 0. The van der Waals surface area contributed by atoms with E-state index in [1.807, 2.05) is 12.1 Å². The zero-order valence-electron chi connectivity index (χ0n) is 24.3. The first-order valence-corrected chi connectivity index (χ1v) is 15.5. The Balaban J connectivity index is 1.29. The van der Waals surface area contributed by atoms with E-state index in [0.29, 0.717) is 0 Å². The van der Waals surface area contributed by atoms with Gasteiger partial charge in [-0.15, -0.1) is 0 Å². The molecule has 0 saturated carbocycles. The zero-order valence-corrected chi connectivity index (χ0v) is 24.3. The fourth-order valence-electron chi connectivity index (χ4n) is 7.20. The molecule has 3 heterocycles. The maximum absolute atomic E-state index is 6.81. The van der Waals surface area contributed by atoms with Crippen LogP contribution in [0, 0.1) is 0 Å². The number of furan rings is 3. The van der Waals surface area contributed by atoms with Crippen molar-refractivity contribution in [3.63, 3.8) is 0 Å². The van der Waals surface area contributed by atoms with E-state index in [1.165, 1.54) is 27.8 Å². The third-order valence-electron chi connectivity index (χ3n) is 9.39. The highest BCUT2D eigenvalue weighted by Crippen LogP contribution is 2.47. The first kappa shape index (κ1) is 24.6. The van der Waals surface area contributed by atoms with Crippen LogP contribution in [0.4, 0.5) is 0 Å². The van der Waals surface area contributed by atoms with E-state index in [0.717, 1.165) is 84.6 Å². The number of benzene rings is 6. The van der Waals surface area contributed by atoms with Crippen molar-refractivity contribution >= 4 is 66.5 Å². The van der Waals surface area contributed by atoms with Crippen LogP contribution < -0.4 is 0 Å². The fourth-order valence-corrected chi connectivity index (χ4v) is 7.20. The average molecular weight is 579 g/mol. The summed E-state index contributed by atoms with van der Waals surface area (Å²) in [6.45, 7) is 0. The molecule has 212 valence electrons. The lowest BCUT2D eigenvalue weighted by Crippen LogP contribution is -1.96. The van der Waals surface area contributed by atoms with Crippen molar-refractivity contribution in [3.8, 4) is 22.3 Å². The van der Waals surface area contributed by atoms with Crippen LogP contribution in [0.25, 0.3) is 88.7 Å². The van der Waals surface area contributed by atoms with Gasteiger partial charge in [0.25, 0.3) is 0 Å². The lowest BCUT2D eigenvalue weighted by atomic mass is 9.90. The molecule has 3 nitrogen and oxygen atoms in total. The largest absolute Gasteiger partial charge is 0.460 e. The van der Waals surface area contributed by atoms with Crippen molar-refractivity contribution in [2.24, 2.45) is 0 Å². The van der Waals surface area contributed by atoms with E-state index < -0.39 is 0 Å². The molecule has 3 heteroatoms. The second-order valence-electron chi connectivity index (χ2n) is 12.0. The van der Waals surface area contributed by atoms with Gasteiger partial charge in [-0.25, -0.2) is 0 Å². The molecule has 0 radical (unpaired) electrons. The Morgan fingerprint density at radius 3 is 1.89 bits per heavy atom. The summed E-state index contributed by atoms with van der Waals surface area (Å²) in [5, 5.41) is 5.49. The normalized spacial score (nSPS) is 13.3. The number of para-hydroxylation sites is 1. The lowest BCUT2D eigenvalue weighted by molar-refractivity contribution is 0.548. The van der Waals surface area contributed by atoms with Crippen LogP contribution in [0.1, 0.15) is 23.3 Å². The number of rotatable bonds is 3. The Labute approximate surface area is 258 Å². The van der Waals surface area contributed by atoms with Crippen LogP contribution in [-0.4, -0.2) is 0 Å². The second-order valence-corrected chi connectivity index (χ2v) is 12.0. The molecule has 10 rings (SSSR count). The molecule has 3 aromatic heterocycles. The van der Waals surface area contributed by atoms with Crippen molar-refractivity contribution in [2.45, 2.75) is 12.8 Å². The summed E-state index contributed by atoms with van der Waals surface area (Å²) in [6, 6.07) is 44.6. The van der Waals surface area contributed by atoms with Crippen molar-refractivity contribution in [3.05, 3.63) is 144 Å². The van der Waals surface area contributed by atoms with E-state index >= 15 is 0 Å². The maximum atomic E-state index is 6.81. The highest BCUT2D eigenvalue weighted by atomic mass is 16.3. The molecule has 0 unspecified atom stereocenters. The monoisotopic (exact) mass is 578 g/mol. The minimum atomic E-state index is 0.841. The lowest BCUT2D eigenvalue weighted by Gasteiger charge is -2.12. The standard InChI is InChI=1S/C42H26O3/c1-3-9-25(10-4-1)27-15-18-38-32(21-27)34-24-35-33-22-28(26-11-5-2-6-12-26)16-19-39(33)45-42(35)40(41(34)44-38)29-17-20-37-31(23-29)30-13-7-8-14-36(30)43-37/h1-15,17-18,20-24H,16,19H2. The Morgan fingerprint density at radius 2 is 1.04 bits per heavy atom. The molecule has 6 aromatic carbocycles. The molecule has 1 aliphatic carbocycles. The smallest absolute Gasteiger partial charge is 0.147 e. The topological polar surface area (TPSA) is 39.4 Å². The van der Waals surface area contributed by atoms with Crippen LogP contribution in [0.3, 0.4) is 0 Å². The van der Waals surface area contributed by atoms with Gasteiger partial charge >= 0.3 is 0 Å². The SMILES string of the molecule is C1=C(c2ccccc2)CCc2oc3c(-c4ccc5oc6ccccc6c5c4)c4oc5ccc(-c6ccccc6)cc5c4cc3c21. The Morgan fingerprint density at radius 1 is 0.400 bits per heavy atom. The number of hydrogen-bond donors (Lipinski definition) is 0. The third kappa shape index (κ3) is 3.71. The zero-order chi connectivity index (χ0) is 29.5. The molecule has 0 bridgehead atoms. The summed E-state index contributed by atoms with van der Waals surface area (Å²) in [5.74, 6) is 1.03. The number of hydrogen-bond acceptors (Lipinski definition) is 3. The average Bonchev–Trinajstić information content (AvgIpc) is 3.78. The first-order valence-electron chi connectivity index (χ1n) is 15.5. The minimum absolute atomic E-state index is 0.841. The Hall–Kier alpha value is -5.80. The van der Waals surface area contributed by atoms with Gasteiger partial charge in [-0.2, -0.15) is 0 Å². The number of fused-ring (bicyclic) bond motifs is 9. The summed E-state index contributed by atoms with van der Waals surface area (Å²) in [5.41, 5.74) is 12.5. The molecule has 9 aromatic rings. The van der Waals surface area contributed by atoms with E-state index in [-0.39, 0.29) is 0 Å². The van der Waals surface area contributed by atoms with Gasteiger partial charge in [-0.3, -0.25) is 0 Å². The molecule has 0 aliphatic heterocycles. The van der Waals surface area contributed by atoms with Crippen LogP contribution >= 0.6 is 0 Å². The predicted octanol–water partition coefficient (Wildman–Crippen LogP) is 12.1. The van der Waals surface area contributed by atoms with Gasteiger partial charge < -0.3 is 13.3 Å². The van der Waals surface area contributed by atoms with Gasteiger partial charge in [0, 0.05) is 38.9 Å². The quantitative estimate of drug-likeness (QED) is 0.209. The van der Waals surface area contributed by atoms with Gasteiger partial charge in [-0.1, -0.05) is 91.0 Å². The van der Waals surface area contributed by atoms with Crippen LogP contribution in [0.2, 0.25) is 0 Å². The summed E-state index contributed by atoms with van der Waals surface area (Å²) in [6.07, 6.45) is 4.13. The Bertz CT molecular complexity index is 2630. The molecule has 0 atom stereocenters. The molecule has 0 amide bonds. The van der Waals surface area contributed by atoms with Crippen LogP contribution in [-0.2, 0) is 6.42 Å². The molecule has 45 heavy (non-hydrogen) atoms. The molecule has 0 fully saturated rings. The minimum Gasteiger partial charge on any atom is -0.460 e. The summed E-state index contributed by atoms with van der Waals surface area (Å²) in [4.78, 5) is 0. The Kier molecular flexibility index (Phi) is 5.11. The van der Waals surface area contributed by atoms with Crippen molar-refractivity contribution < 1.29 is 13.3 Å². The van der Waals surface area contributed by atoms with Crippen LogP contribution in [0.15, 0.2) is 141 Å². The van der Waals surface area contributed by atoms with Crippen molar-refractivity contribution in [2.75, 3.05) is 0 Å². The summed E-state index contributed by atoms with van der Waals surface area (Å²) < 4.78 is 19.7. The van der Waals surface area contributed by atoms with Crippen molar-refractivity contribution in [1.29, 1.82) is 0 Å². The van der Waals surface area contributed by atoms with Gasteiger partial charge in [0.2, 0.25) is 0 Å². The fraction of sp³-hybridized carbons (Fsp3) is 0.0476. The van der Waals surface area contributed by atoms with Gasteiger partial charge in [-0.05, 0) is 76.7 Å².